The number of rotatable bonds is 4. The highest BCUT2D eigenvalue weighted by atomic mass is 35.5. The van der Waals surface area contributed by atoms with Crippen molar-refractivity contribution in [3.8, 4) is 24.1 Å². The fraction of sp³-hybridized carbons (Fsp3) is 0.520. The second kappa shape index (κ2) is 10.9. The molecule has 0 unspecified atom stereocenters. The quantitative estimate of drug-likeness (QED) is 0.455. The second-order valence-electron chi connectivity index (χ2n) is 9.30. The number of pyridine rings is 1. The largest absolute Gasteiger partial charge is 0.381 e. The van der Waals surface area contributed by atoms with Gasteiger partial charge in [0.2, 0.25) is 5.95 Å². The van der Waals surface area contributed by atoms with Crippen LogP contribution in [-0.2, 0) is 11.8 Å². The number of hydrogen-bond acceptors (Lipinski definition) is 8. The molecule has 6 rings (SSSR count). The van der Waals surface area contributed by atoms with Crippen molar-refractivity contribution in [2.45, 2.75) is 38.1 Å². The predicted molar refractivity (Wildman–Crippen MR) is 143 cm³/mol. The van der Waals surface area contributed by atoms with Gasteiger partial charge < -0.3 is 20.7 Å². The summed E-state index contributed by atoms with van der Waals surface area (Å²) >= 11 is 6.66. The maximum Gasteiger partial charge on any atom is 0.266 e. The van der Waals surface area contributed by atoms with Crippen LogP contribution in [0.2, 0.25) is 5.02 Å². The smallest absolute Gasteiger partial charge is 0.266 e. The lowest BCUT2D eigenvalue weighted by Crippen LogP contribution is -2.43. The van der Waals surface area contributed by atoms with Crippen LogP contribution in [0.3, 0.4) is 0 Å². The molecule has 0 atom stereocenters. The number of aromatic amines is 1. The summed E-state index contributed by atoms with van der Waals surface area (Å²) in [6, 6.07) is 2.22. The van der Waals surface area contributed by atoms with E-state index in [0.29, 0.717) is 50.5 Å². The second-order valence-corrected chi connectivity index (χ2v) is 9.68. The van der Waals surface area contributed by atoms with Crippen LogP contribution in [0.1, 0.15) is 32.1 Å². The SMILES string of the molecule is C#C.CN.Cn1c(N2CCC3(CCOC3)CC2)nc2n[nH]c(-c3ccnc(NC4CC4)c3Cl)c2c1=O. The summed E-state index contributed by atoms with van der Waals surface area (Å²) in [5.74, 6) is 1.29. The molecular formula is C25H33ClN8O2. The zero-order chi connectivity index (χ0) is 25.9. The molecule has 3 aliphatic rings. The van der Waals surface area contributed by atoms with E-state index < -0.39 is 0 Å². The van der Waals surface area contributed by atoms with E-state index >= 15 is 0 Å². The van der Waals surface area contributed by atoms with E-state index in [2.05, 4.69) is 44.0 Å². The van der Waals surface area contributed by atoms with Gasteiger partial charge in [0.1, 0.15) is 11.2 Å². The molecule has 1 spiro atoms. The highest BCUT2D eigenvalue weighted by Crippen LogP contribution is 2.40. The van der Waals surface area contributed by atoms with E-state index in [4.69, 9.17) is 21.3 Å². The van der Waals surface area contributed by atoms with Crippen molar-refractivity contribution in [3.05, 3.63) is 27.6 Å². The molecule has 4 N–H and O–H groups in total. The number of H-pyrrole nitrogens is 1. The first kappa shape index (κ1) is 25.9. The van der Waals surface area contributed by atoms with E-state index in [9.17, 15) is 4.79 Å². The van der Waals surface area contributed by atoms with Gasteiger partial charge in [0.15, 0.2) is 5.65 Å². The topological polar surface area (TPSA) is 127 Å². The Hall–Kier alpha value is -3.13. The van der Waals surface area contributed by atoms with Gasteiger partial charge in [-0.2, -0.15) is 10.1 Å². The Morgan fingerprint density at radius 2 is 1.97 bits per heavy atom. The molecule has 5 heterocycles. The van der Waals surface area contributed by atoms with Crippen LogP contribution in [0.15, 0.2) is 17.1 Å². The number of nitrogens with two attached hydrogens (primary N) is 1. The third kappa shape index (κ3) is 4.78. The summed E-state index contributed by atoms with van der Waals surface area (Å²) in [5, 5.41) is 11.6. The molecule has 10 nitrogen and oxygen atoms in total. The van der Waals surface area contributed by atoms with Gasteiger partial charge in [0.05, 0.1) is 17.3 Å². The van der Waals surface area contributed by atoms with Crippen LogP contribution in [0.5, 0.6) is 0 Å². The molecule has 1 saturated carbocycles. The molecule has 3 aromatic rings. The lowest BCUT2D eigenvalue weighted by Gasteiger charge is -2.39. The van der Waals surface area contributed by atoms with Gasteiger partial charge in [0.25, 0.3) is 5.56 Å². The number of aromatic nitrogens is 5. The number of piperidine rings is 1. The van der Waals surface area contributed by atoms with Crippen LogP contribution >= 0.6 is 11.6 Å². The molecule has 192 valence electrons. The Bertz CT molecular complexity index is 1280. The van der Waals surface area contributed by atoms with Gasteiger partial charge in [-0.15, -0.1) is 12.8 Å². The normalized spacial score (nSPS) is 18.3. The fourth-order valence-corrected chi connectivity index (χ4v) is 5.17. The average molecular weight is 513 g/mol. The molecule has 0 radical (unpaired) electrons. The minimum Gasteiger partial charge on any atom is -0.381 e. The zero-order valence-electron chi connectivity index (χ0n) is 20.8. The molecular weight excluding hydrogens is 480 g/mol. The number of ether oxygens (including phenoxy) is 1. The predicted octanol–water partition coefficient (Wildman–Crippen LogP) is 2.78. The standard InChI is InChI=1S/C22H26ClN7O2.C2H2.CH5N/c1-29-20(31)15-17(14-4-8-24-19(16(14)23)25-13-2-3-13)27-28-18(15)26-21(29)30-9-5-22(6-10-30)7-11-32-12-22;2*1-2/h4,8,13H,2-3,5-7,9-12H2,1H3,(H,24,25)(H,27,28);1-2H;2H2,1H3. The third-order valence-corrected chi connectivity index (χ3v) is 7.52. The molecule has 36 heavy (non-hydrogen) atoms. The van der Waals surface area contributed by atoms with E-state index in [1.165, 1.54) is 7.05 Å². The average Bonchev–Trinajstić information content (AvgIpc) is 3.46. The monoisotopic (exact) mass is 512 g/mol. The molecule has 0 aromatic carbocycles. The van der Waals surface area contributed by atoms with E-state index in [1.54, 1.807) is 23.9 Å². The highest BCUT2D eigenvalue weighted by molar-refractivity contribution is 6.36. The fourth-order valence-electron chi connectivity index (χ4n) is 4.91. The van der Waals surface area contributed by atoms with Crippen LogP contribution < -0.4 is 21.5 Å². The van der Waals surface area contributed by atoms with Crippen molar-refractivity contribution in [3.63, 3.8) is 0 Å². The van der Waals surface area contributed by atoms with Gasteiger partial charge in [0, 0.05) is 44.5 Å². The van der Waals surface area contributed by atoms with Crippen LogP contribution in [0, 0.1) is 18.3 Å². The first-order valence-corrected chi connectivity index (χ1v) is 12.5. The molecule has 11 heteroatoms. The number of nitrogens with one attached hydrogen (secondary N) is 2. The molecule has 1 aliphatic carbocycles. The van der Waals surface area contributed by atoms with Crippen LogP contribution in [0.4, 0.5) is 11.8 Å². The highest BCUT2D eigenvalue weighted by Gasteiger charge is 2.39. The third-order valence-electron chi connectivity index (χ3n) is 7.14. The number of halogens is 1. The van der Waals surface area contributed by atoms with Crippen molar-refractivity contribution in [1.82, 2.24) is 24.7 Å². The summed E-state index contributed by atoms with van der Waals surface area (Å²) in [7, 11) is 3.28. The molecule has 2 saturated heterocycles. The Kier molecular flexibility index (Phi) is 7.83. The van der Waals surface area contributed by atoms with Crippen LogP contribution in [-0.4, -0.2) is 64.1 Å². The summed E-state index contributed by atoms with van der Waals surface area (Å²) in [6.45, 7) is 3.42. The summed E-state index contributed by atoms with van der Waals surface area (Å²) in [5.41, 5.74) is 6.34. The van der Waals surface area contributed by atoms with Gasteiger partial charge in [-0.05, 0) is 50.6 Å². The number of anilines is 2. The van der Waals surface area contributed by atoms with E-state index in [0.717, 1.165) is 58.4 Å². The molecule has 3 aromatic heterocycles. The molecule has 3 fully saturated rings. The van der Waals surface area contributed by atoms with Gasteiger partial charge in [-0.25, -0.2) is 4.98 Å². The summed E-state index contributed by atoms with van der Waals surface area (Å²) in [6.07, 6.45) is 15.2. The lowest BCUT2D eigenvalue weighted by molar-refractivity contribution is 0.133. The number of nitrogens with zero attached hydrogens (tertiary/aromatic N) is 5. The molecule has 0 bridgehead atoms. The first-order valence-electron chi connectivity index (χ1n) is 12.1. The van der Waals surface area contributed by atoms with Crippen molar-refractivity contribution in [2.75, 3.05) is 43.6 Å². The van der Waals surface area contributed by atoms with Gasteiger partial charge in [-0.1, -0.05) is 11.6 Å². The molecule has 0 amide bonds. The Balaban J connectivity index is 0.000000726. The summed E-state index contributed by atoms with van der Waals surface area (Å²) in [4.78, 5) is 24.7. The minimum absolute atomic E-state index is 0.136. The van der Waals surface area contributed by atoms with Crippen molar-refractivity contribution in [1.29, 1.82) is 0 Å². The number of hydrogen-bond donors (Lipinski definition) is 3. The Labute approximate surface area is 215 Å². The maximum atomic E-state index is 13.4. The Morgan fingerprint density at radius 3 is 2.61 bits per heavy atom. The van der Waals surface area contributed by atoms with Crippen molar-refractivity contribution >= 4 is 34.4 Å². The number of fused-ring (bicyclic) bond motifs is 1. The van der Waals surface area contributed by atoms with Gasteiger partial charge in [-0.3, -0.25) is 14.5 Å². The van der Waals surface area contributed by atoms with Crippen molar-refractivity contribution < 1.29 is 4.74 Å². The molecule has 2 aliphatic heterocycles. The van der Waals surface area contributed by atoms with Gasteiger partial charge >= 0.3 is 0 Å². The van der Waals surface area contributed by atoms with Crippen molar-refractivity contribution in [2.24, 2.45) is 18.2 Å². The number of terminal acetylenes is 1. The Morgan fingerprint density at radius 1 is 1.25 bits per heavy atom. The lowest BCUT2D eigenvalue weighted by atomic mass is 9.78. The zero-order valence-corrected chi connectivity index (χ0v) is 21.5. The van der Waals surface area contributed by atoms with E-state index in [1.807, 2.05) is 0 Å². The van der Waals surface area contributed by atoms with Crippen LogP contribution in [0.25, 0.3) is 22.3 Å². The maximum absolute atomic E-state index is 13.4. The summed E-state index contributed by atoms with van der Waals surface area (Å²) < 4.78 is 7.27. The first-order chi connectivity index (χ1) is 17.5. The van der Waals surface area contributed by atoms with E-state index in [-0.39, 0.29) is 5.56 Å². The minimum atomic E-state index is -0.136.